The average Bonchev–Trinajstić information content (AvgIpc) is 2.68. The number of carboxylic acids is 1. The highest BCUT2D eigenvalue weighted by molar-refractivity contribution is 7.99. The molecule has 7 nitrogen and oxygen atoms in total. The van der Waals surface area contributed by atoms with Crippen LogP contribution in [0.3, 0.4) is 0 Å². The maximum absolute atomic E-state index is 11.1. The van der Waals surface area contributed by atoms with Crippen molar-refractivity contribution in [2.75, 3.05) is 12.3 Å². The van der Waals surface area contributed by atoms with Gasteiger partial charge in [0.25, 0.3) is 10.1 Å². The van der Waals surface area contributed by atoms with Gasteiger partial charge in [-0.05, 0) is 80.9 Å². The summed E-state index contributed by atoms with van der Waals surface area (Å²) in [5, 5.41) is 12.8. The molecule has 2 unspecified atom stereocenters. The minimum Gasteiger partial charge on any atom is -0.480 e. The maximum Gasteiger partial charge on any atom is 0.320 e. The summed E-state index contributed by atoms with van der Waals surface area (Å²) in [5.41, 5.74) is 7.96. The Morgan fingerprint density at radius 1 is 1.22 bits per heavy atom. The van der Waals surface area contributed by atoms with Crippen molar-refractivity contribution in [3.8, 4) is 0 Å². The Morgan fingerprint density at radius 2 is 1.91 bits per heavy atom. The van der Waals surface area contributed by atoms with Crippen LogP contribution in [0.25, 0.3) is 0 Å². The Labute approximate surface area is 194 Å². The predicted octanol–water partition coefficient (Wildman–Crippen LogP) is 2.83. The molecule has 0 aromatic heterocycles. The molecular formula is C23H34N2O5S2. The lowest BCUT2D eigenvalue weighted by atomic mass is 9.52. The van der Waals surface area contributed by atoms with Crippen LogP contribution in [-0.4, -0.2) is 52.7 Å². The van der Waals surface area contributed by atoms with Gasteiger partial charge in [-0.15, -0.1) is 0 Å². The van der Waals surface area contributed by atoms with Crippen LogP contribution in [0.5, 0.6) is 0 Å². The zero-order valence-electron chi connectivity index (χ0n) is 18.3. The fraction of sp³-hybridized carbons (Fsp3) is 0.696. The normalized spacial score (nSPS) is 32.2. The van der Waals surface area contributed by atoms with Gasteiger partial charge in [-0.1, -0.05) is 24.3 Å². The summed E-state index contributed by atoms with van der Waals surface area (Å²) in [6, 6.07) is 7.23. The first-order chi connectivity index (χ1) is 15.1. The SMILES string of the molecule is N[C@@H](Cc1cccc(CSC23CC4CC(CC(NCCCS(=O)(=O)O)(C4)C2)C3)c1)C(=O)O. The number of carboxylic acid groups (broad SMARTS) is 1. The lowest BCUT2D eigenvalue weighted by Crippen LogP contribution is -2.63. The fourth-order valence-corrected chi connectivity index (χ4v) is 8.83. The second kappa shape index (κ2) is 9.25. The van der Waals surface area contributed by atoms with Crippen molar-refractivity contribution in [1.29, 1.82) is 0 Å². The van der Waals surface area contributed by atoms with E-state index in [1.165, 1.54) is 37.7 Å². The molecule has 0 heterocycles. The number of rotatable bonds is 11. The summed E-state index contributed by atoms with van der Waals surface area (Å²) in [7, 11) is -3.90. The Bertz CT molecular complexity index is 937. The molecule has 5 N–H and O–H groups in total. The van der Waals surface area contributed by atoms with Crippen LogP contribution >= 0.6 is 11.8 Å². The quantitative estimate of drug-likeness (QED) is 0.280. The third kappa shape index (κ3) is 5.86. The van der Waals surface area contributed by atoms with Gasteiger partial charge >= 0.3 is 5.97 Å². The molecule has 0 spiro atoms. The molecule has 4 aliphatic carbocycles. The molecule has 3 atom stereocenters. The Kier molecular flexibility index (Phi) is 6.94. The van der Waals surface area contributed by atoms with Crippen LogP contribution < -0.4 is 11.1 Å². The molecular weight excluding hydrogens is 448 g/mol. The number of carbonyl (C=O) groups is 1. The van der Waals surface area contributed by atoms with E-state index in [9.17, 15) is 13.2 Å². The van der Waals surface area contributed by atoms with Gasteiger partial charge in [0, 0.05) is 16.0 Å². The highest BCUT2D eigenvalue weighted by Crippen LogP contribution is 2.62. The number of thioether (sulfide) groups is 1. The zero-order chi connectivity index (χ0) is 23.0. The summed E-state index contributed by atoms with van der Waals surface area (Å²) in [4.78, 5) is 11.1. The standard InChI is InChI=1S/C23H34N2O5S2/c24-20(21(26)27)9-16-3-1-4-17(7-16)14-31-23-12-18-8-19(13-23)11-22(10-18,15-23)25-5-2-6-32(28,29)30/h1,3-4,7,18-20,25H,2,5-6,8-15,24H2,(H,26,27)(H,28,29,30)/t18?,19?,20-,22?,23?/m0/s1. The van der Waals surface area contributed by atoms with Crippen molar-refractivity contribution in [3.05, 3.63) is 35.4 Å². The van der Waals surface area contributed by atoms with Crippen molar-refractivity contribution in [2.24, 2.45) is 17.6 Å². The Morgan fingerprint density at radius 3 is 2.56 bits per heavy atom. The third-order valence-electron chi connectivity index (χ3n) is 7.40. The van der Waals surface area contributed by atoms with Crippen molar-refractivity contribution >= 4 is 27.8 Å². The van der Waals surface area contributed by atoms with Gasteiger partial charge < -0.3 is 16.2 Å². The lowest BCUT2D eigenvalue weighted by Gasteiger charge is -2.62. The van der Waals surface area contributed by atoms with Crippen molar-refractivity contribution < 1.29 is 22.9 Å². The monoisotopic (exact) mass is 482 g/mol. The third-order valence-corrected chi connectivity index (χ3v) is 9.77. The molecule has 0 amide bonds. The fourth-order valence-electron chi connectivity index (χ4n) is 6.59. The minimum absolute atomic E-state index is 0.0897. The van der Waals surface area contributed by atoms with E-state index in [1.54, 1.807) is 0 Å². The molecule has 4 aliphatic rings. The molecule has 4 saturated carbocycles. The topological polar surface area (TPSA) is 130 Å². The molecule has 1 aromatic carbocycles. The van der Waals surface area contributed by atoms with Gasteiger partial charge in [0.15, 0.2) is 0 Å². The van der Waals surface area contributed by atoms with E-state index in [2.05, 4.69) is 17.4 Å². The Hall–Kier alpha value is -1.13. The van der Waals surface area contributed by atoms with Crippen LogP contribution in [0.4, 0.5) is 0 Å². The van der Waals surface area contributed by atoms with Crippen LogP contribution in [0, 0.1) is 11.8 Å². The Balaban J connectivity index is 1.38. The van der Waals surface area contributed by atoms with E-state index in [1.807, 2.05) is 23.9 Å². The molecule has 4 bridgehead atoms. The van der Waals surface area contributed by atoms with Gasteiger partial charge in [0.1, 0.15) is 6.04 Å². The van der Waals surface area contributed by atoms with E-state index in [-0.39, 0.29) is 16.0 Å². The van der Waals surface area contributed by atoms with Gasteiger partial charge in [-0.25, -0.2) is 0 Å². The number of hydrogen-bond donors (Lipinski definition) is 4. The molecule has 4 fully saturated rings. The molecule has 0 saturated heterocycles. The van der Waals surface area contributed by atoms with Crippen molar-refractivity contribution in [3.63, 3.8) is 0 Å². The number of benzene rings is 1. The van der Waals surface area contributed by atoms with Crippen LogP contribution in [0.2, 0.25) is 0 Å². The first kappa shape index (κ1) is 24.0. The maximum atomic E-state index is 11.1. The van der Waals surface area contributed by atoms with Crippen LogP contribution in [-0.2, 0) is 27.1 Å². The summed E-state index contributed by atoms with van der Waals surface area (Å²) < 4.78 is 31.3. The molecule has 9 heteroatoms. The number of nitrogens with one attached hydrogen (secondary N) is 1. The van der Waals surface area contributed by atoms with E-state index in [0.29, 0.717) is 19.4 Å². The van der Waals surface area contributed by atoms with E-state index in [0.717, 1.165) is 29.6 Å². The summed E-state index contributed by atoms with van der Waals surface area (Å²) in [6.45, 7) is 0.617. The van der Waals surface area contributed by atoms with Gasteiger partial charge in [-0.3, -0.25) is 9.35 Å². The largest absolute Gasteiger partial charge is 0.480 e. The van der Waals surface area contributed by atoms with E-state index < -0.39 is 22.1 Å². The molecule has 0 aliphatic heterocycles. The van der Waals surface area contributed by atoms with Crippen molar-refractivity contribution in [2.45, 2.75) is 73.4 Å². The first-order valence-electron chi connectivity index (χ1n) is 11.5. The predicted molar refractivity (Wildman–Crippen MR) is 126 cm³/mol. The lowest BCUT2D eigenvalue weighted by molar-refractivity contribution is -0.138. The second-order valence-corrected chi connectivity index (χ2v) is 13.3. The van der Waals surface area contributed by atoms with E-state index >= 15 is 0 Å². The second-order valence-electron chi connectivity index (χ2n) is 10.2. The summed E-state index contributed by atoms with van der Waals surface area (Å²) in [6.07, 6.45) is 7.99. The van der Waals surface area contributed by atoms with Gasteiger partial charge in [-0.2, -0.15) is 20.2 Å². The summed E-state index contributed by atoms with van der Waals surface area (Å²) >= 11 is 2.04. The number of aliphatic carboxylic acids is 1. The van der Waals surface area contributed by atoms with Gasteiger partial charge in [0.2, 0.25) is 0 Å². The van der Waals surface area contributed by atoms with Crippen molar-refractivity contribution in [1.82, 2.24) is 5.32 Å². The average molecular weight is 483 g/mol. The highest BCUT2D eigenvalue weighted by atomic mass is 32.2. The number of nitrogens with two attached hydrogens (primary N) is 1. The highest BCUT2D eigenvalue weighted by Gasteiger charge is 2.57. The number of hydrogen-bond acceptors (Lipinski definition) is 6. The van der Waals surface area contributed by atoms with Crippen LogP contribution in [0.1, 0.15) is 56.1 Å². The summed E-state index contributed by atoms with van der Waals surface area (Å²) in [5.74, 6) is 1.17. The minimum atomic E-state index is -3.90. The molecule has 1 aromatic rings. The van der Waals surface area contributed by atoms with Gasteiger partial charge in [0.05, 0.1) is 5.75 Å². The zero-order valence-corrected chi connectivity index (χ0v) is 20.0. The molecule has 178 valence electrons. The molecule has 5 rings (SSSR count). The van der Waals surface area contributed by atoms with Crippen LogP contribution in [0.15, 0.2) is 24.3 Å². The molecule has 0 radical (unpaired) electrons. The first-order valence-corrected chi connectivity index (χ1v) is 14.1. The smallest absolute Gasteiger partial charge is 0.320 e. The molecule has 32 heavy (non-hydrogen) atoms. The van der Waals surface area contributed by atoms with E-state index in [4.69, 9.17) is 15.4 Å².